The average molecular weight is 357 g/mol. The molecule has 0 aromatic carbocycles. The summed E-state index contributed by atoms with van der Waals surface area (Å²) in [5.41, 5.74) is 0.627. The third-order valence-electron chi connectivity index (χ3n) is 5.97. The summed E-state index contributed by atoms with van der Waals surface area (Å²) in [5, 5.41) is 3.53. The van der Waals surface area contributed by atoms with Crippen molar-refractivity contribution in [3.8, 4) is 0 Å². The van der Waals surface area contributed by atoms with Crippen molar-refractivity contribution >= 4 is 24.2 Å². The molecular weight excluding hydrogens is 328 g/mol. The third-order valence-corrected chi connectivity index (χ3v) is 7.20. The van der Waals surface area contributed by atoms with E-state index in [1.165, 1.54) is 62.6 Å². The van der Waals surface area contributed by atoms with E-state index < -0.39 is 0 Å². The first kappa shape index (κ1) is 17.6. The zero-order valence-corrected chi connectivity index (χ0v) is 15.7. The molecule has 130 valence electrons. The fraction of sp³-hybridized carbons (Fsp3) is 0.824. The maximum absolute atomic E-state index is 4.58. The van der Waals surface area contributed by atoms with E-state index in [0.29, 0.717) is 5.41 Å². The number of halogens is 1. The molecule has 4 nitrogen and oxygen atoms in total. The van der Waals surface area contributed by atoms with Crippen molar-refractivity contribution in [2.75, 3.05) is 31.1 Å². The van der Waals surface area contributed by atoms with E-state index in [9.17, 15) is 0 Å². The molecule has 6 heteroatoms. The van der Waals surface area contributed by atoms with E-state index in [4.69, 9.17) is 0 Å². The van der Waals surface area contributed by atoms with Gasteiger partial charge in [-0.25, -0.2) is 4.98 Å². The predicted molar refractivity (Wildman–Crippen MR) is 99.2 cm³/mol. The van der Waals surface area contributed by atoms with Gasteiger partial charge in [0.25, 0.3) is 0 Å². The SMILES string of the molecule is Cl.Cn1ccnc1CN(CC1CCSC1)C1CC12CCNCC2. The largest absolute Gasteiger partial charge is 0.337 e. The minimum absolute atomic E-state index is 0. The van der Waals surface area contributed by atoms with Gasteiger partial charge in [-0.3, -0.25) is 4.90 Å². The summed E-state index contributed by atoms with van der Waals surface area (Å²) in [7, 11) is 2.12. The van der Waals surface area contributed by atoms with Gasteiger partial charge >= 0.3 is 0 Å². The normalized spacial score (nSPS) is 29.0. The van der Waals surface area contributed by atoms with Gasteiger partial charge in [0.05, 0.1) is 6.54 Å². The van der Waals surface area contributed by atoms with Crippen molar-refractivity contribution in [1.29, 1.82) is 0 Å². The second-order valence-corrected chi connectivity index (χ2v) is 8.60. The second-order valence-electron chi connectivity index (χ2n) is 7.45. The van der Waals surface area contributed by atoms with E-state index in [1.54, 1.807) is 0 Å². The van der Waals surface area contributed by atoms with Gasteiger partial charge < -0.3 is 9.88 Å². The summed E-state index contributed by atoms with van der Waals surface area (Å²) in [4.78, 5) is 7.36. The van der Waals surface area contributed by atoms with Gasteiger partial charge in [-0.15, -0.1) is 12.4 Å². The third kappa shape index (κ3) is 3.73. The summed E-state index contributed by atoms with van der Waals surface area (Å²) in [6.07, 6.45) is 9.57. The van der Waals surface area contributed by atoms with Crippen molar-refractivity contribution in [2.24, 2.45) is 18.4 Å². The standard InChI is InChI=1S/C17H28N4S.ClH/c1-20-8-7-19-16(20)12-21(11-14-2-9-22-13-14)15-10-17(15)3-5-18-6-4-17;/h7-8,14-15,18H,2-6,9-13H2,1H3;1H. The Bertz CT molecular complexity index is 508. The quantitative estimate of drug-likeness (QED) is 0.878. The van der Waals surface area contributed by atoms with Crippen LogP contribution in [-0.2, 0) is 13.6 Å². The highest BCUT2D eigenvalue weighted by atomic mass is 35.5. The predicted octanol–water partition coefficient (Wildman–Crippen LogP) is 2.54. The van der Waals surface area contributed by atoms with Crippen LogP contribution in [-0.4, -0.2) is 51.6 Å². The molecule has 2 unspecified atom stereocenters. The van der Waals surface area contributed by atoms with Gasteiger partial charge in [-0.2, -0.15) is 11.8 Å². The number of nitrogens with one attached hydrogen (secondary N) is 1. The number of aromatic nitrogens is 2. The van der Waals surface area contributed by atoms with Gasteiger partial charge in [0.15, 0.2) is 0 Å². The Morgan fingerprint density at radius 3 is 2.91 bits per heavy atom. The van der Waals surface area contributed by atoms with Gasteiger partial charge in [-0.1, -0.05) is 0 Å². The molecule has 1 aliphatic carbocycles. The van der Waals surface area contributed by atoms with Crippen LogP contribution in [0.2, 0.25) is 0 Å². The molecule has 2 aliphatic heterocycles. The van der Waals surface area contributed by atoms with Gasteiger partial charge in [0.1, 0.15) is 5.82 Å². The van der Waals surface area contributed by atoms with Crippen molar-refractivity contribution in [1.82, 2.24) is 19.8 Å². The molecule has 0 bridgehead atoms. The zero-order valence-electron chi connectivity index (χ0n) is 14.0. The Balaban J connectivity index is 0.00000156. The molecule has 1 N–H and O–H groups in total. The molecule has 1 spiro atoms. The number of rotatable bonds is 5. The zero-order chi connectivity index (χ0) is 15.0. The van der Waals surface area contributed by atoms with Gasteiger partial charge in [-0.05, 0) is 61.6 Å². The van der Waals surface area contributed by atoms with Crippen LogP contribution in [0.5, 0.6) is 0 Å². The fourth-order valence-corrected chi connectivity index (χ4v) is 5.67. The fourth-order valence-electron chi connectivity index (χ4n) is 4.40. The highest BCUT2D eigenvalue weighted by Crippen LogP contribution is 2.56. The van der Waals surface area contributed by atoms with Crippen molar-refractivity contribution in [3.63, 3.8) is 0 Å². The van der Waals surface area contributed by atoms with Crippen LogP contribution >= 0.6 is 24.2 Å². The molecule has 1 aromatic heterocycles. The number of hydrogen-bond donors (Lipinski definition) is 1. The summed E-state index contributed by atoms with van der Waals surface area (Å²) in [6, 6.07) is 0.803. The van der Waals surface area contributed by atoms with Gasteiger partial charge in [0, 0.05) is 32.0 Å². The van der Waals surface area contributed by atoms with Crippen LogP contribution in [0.25, 0.3) is 0 Å². The molecule has 3 heterocycles. The molecule has 1 saturated carbocycles. The summed E-state index contributed by atoms with van der Waals surface area (Å²) < 4.78 is 2.19. The Labute approximate surface area is 150 Å². The molecule has 4 rings (SSSR count). The van der Waals surface area contributed by atoms with E-state index in [2.05, 4.69) is 44.8 Å². The van der Waals surface area contributed by atoms with Crippen LogP contribution in [0.15, 0.2) is 12.4 Å². The van der Waals surface area contributed by atoms with E-state index in [-0.39, 0.29) is 12.4 Å². The molecule has 2 saturated heterocycles. The maximum Gasteiger partial charge on any atom is 0.122 e. The smallest absolute Gasteiger partial charge is 0.122 e. The van der Waals surface area contributed by atoms with Crippen LogP contribution in [0.1, 0.15) is 31.5 Å². The highest BCUT2D eigenvalue weighted by Gasteiger charge is 2.56. The first-order valence-corrected chi connectivity index (χ1v) is 9.91. The number of imidazole rings is 1. The molecule has 3 fully saturated rings. The van der Waals surface area contributed by atoms with Crippen molar-refractivity contribution < 1.29 is 0 Å². The number of thioether (sulfide) groups is 1. The molecule has 23 heavy (non-hydrogen) atoms. The highest BCUT2D eigenvalue weighted by molar-refractivity contribution is 7.99. The molecule has 2 atom stereocenters. The lowest BCUT2D eigenvalue weighted by molar-refractivity contribution is 0.170. The average Bonchev–Trinajstić information content (AvgIpc) is 2.90. The van der Waals surface area contributed by atoms with Crippen molar-refractivity contribution in [2.45, 2.75) is 38.3 Å². The second kappa shape index (κ2) is 7.34. The van der Waals surface area contributed by atoms with E-state index in [0.717, 1.165) is 18.5 Å². The number of piperidine rings is 1. The van der Waals surface area contributed by atoms with Crippen molar-refractivity contribution in [3.05, 3.63) is 18.2 Å². The molecule has 3 aliphatic rings. The maximum atomic E-state index is 4.58. The monoisotopic (exact) mass is 356 g/mol. The van der Waals surface area contributed by atoms with E-state index in [1.807, 2.05) is 6.20 Å². The molecule has 1 aromatic rings. The Morgan fingerprint density at radius 1 is 1.43 bits per heavy atom. The first-order chi connectivity index (χ1) is 10.8. The number of nitrogens with zero attached hydrogens (tertiary/aromatic N) is 3. The van der Waals surface area contributed by atoms with E-state index >= 15 is 0 Å². The lowest BCUT2D eigenvalue weighted by atomic mass is 9.93. The van der Waals surface area contributed by atoms with Crippen LogP contribution in [0, 0.1) is 11.3 Å². The van der Waals surface area contributed by atoms with Crippen LogP contribution < -0.4 is 5.32 Å². The van der Waals surface area contributed by atoms with Crippen LogP contribution in [0.4, 0.5) is 0 Å². The first-order valence-electron chi connectivity index (χ1n) is 8.76. The lowest BCUT2D eigenvalue weighted by Crippen LogP contribution is -2.38. The number of hydrogen-bond acceptors (Lipinski definition) is 4. The lowest BCUT2D eigenvalue weighted by Gasteiger charge is -2.31. The summed E-state index contributed by atoms with van der Waals surface area (Å²) >= 11 is 2.14. The summed E-state index contributed by atoms with van der Waals surface area (Å²) in [5.74, 6) is 4.84. The minimum Gasteiger partial charge on any atom is -0.337 e. The minimum atomic E-state index is 0. The topological polar surface area (TPSA) is 33.1 Å². The molecular formula is C17H29ClN4S. The molecule has 0 amide bonds. The van der Waals surface area contributed by atoms with Crippen LogP contribution in [0.3, 0.4) is 0 Å². The Morgan fingerprint density at radius 2 is 2.26 bits per heavy atom. The number of aryl methyl sites for hydroxylation is 1. The molecule has 0 radical (unpaired) electrons. The Kier molecular flexibility index (Phi) is 5.61. The summed E-state index contributed by atoms with van der Waals surface area (Å²) in [6.45, 7) is 4.74. The Hall–Kier alpha value is -0.230. The van der Waals surface area contributed by atoms with Gasteiger partial charge in [0.2, 0.25) is 0 Å².